The second-order valence-electron chi connectivity index (χ2n) is 5.38. The van der Waals surface area contributed by atoms with Crippen LogP contribution in [0.15, 0.2) is 24.3 Å². The molecule has 0 N–H and O–H groups in total. The average Bonchev–Trinajstić information content (AvgIpc) is 2.93. The molecule has 21 heavy (non-hydrogen) atoms. The molecule has 0 aromatic heterocycles. The summed E-state index contributed by atoms with van der Waals surface area (Å²) in [7, 11) is 2.15. The van der Waals surface area contributed by atoms with Crippen molar-refractivity contribution >= 4 is 44.1 Å². The van der Waals surface area contributed by atoms with Crippen molar-refractivity contribution in [3.8, 4) is 5.75 Å². The number of para-hydroxylation sites is 1. The molecular formula is C15H15ClO3S2. The molecule has 1 fully saturated rings. The maximum Gasteiger partial charge on any atom is 0.202 e. The van der Waals surface area contributed by atoms with Gasteiger partial charge in [-0.1, -0.05) is 34.5 Å². The van der Waals surface area contributed by atoms with Crippen LogP contribution in [0.2, 0.25) is 0 Å². The van der Waals surface area contributed by atoms with E-state index in [9.17, 15) is 9.59 Å². The Labute approximate surface area is 136 Å². The number of hydrogen-bond donors (Lipinski definition) is 0. The number of ether oxygens (including phenoxy) is 1. The Balaban J connectivity index is 2.06. The highest BCUT2D eigenvalue weighted by Gasteiger charge is 2.62. The number of Topliss-reactive ketones (excluding diaryl/α,β-unsaturated/α-hetero) is 1. The number of alkyl halides is 1. The molecule has 1 atom stereocenters. The third kappa shape index (κ3) is 2.39. The topological polar surface area (TPSA) is 43.4 Å². The summed E-state index contributed by atoms with van der Waals surface area (Å²) in [6.07, 6.45) is 3.44. The highest BCUT2D eigenvalue weighted by molar-refractivity contribution is 8.83. The number of ketones is 1. The third-order valence-corrected chi connectivity index (χ3v) is 7.83. The zero-order valence-corrected chi connectivity index (χ0v) is 13.9. The van der Waals surface area contributed by atoms with Crippen LogP contribution < -0.4 is 4.74 Å². The van der Waals surface area contributed by atoms with Gasteiger partial charge in [-0.3, -0.25) is 9.59 Å². The van der Waals surface area contributed by atoms with Crippen molar-refractivity contribution < 1.29 is 14.3 Å². The number of carbonyl (C=O) groups excluding carboxylic acids is 2. The van der Waals surface area contributed by atoms with Gasteiger partial charge in [0.25, 0.3) is 0 Å². The number of rotatable bonds is 2. The first-order valence-corrected chi connectivity index (χ1v) is 9.39. The summed E-state index contributed by atoms with van der Waals surface area (Å²) < 4.78 is 4.96. The number of benzene rings is 1. The van der Waals surface area contributed by atoms with Crippen LogP contribution in [0.5, 0.6) is 5.75 Å². The van der Waals surface area contributed by atoms with Crippen LogP contribution in [0.1, 0.15) is 43.0 Å². The van der Waals surface area contributed by atoms with Gasteiger partial charge in [0.05, 0.1) is 5.56 Å². The number of hydrogen-bond acceptors (Lipinski definition) is 5. The van der Waals surface area contributed by atoms with E-state index in [1.807, 2.05) is 12.1 Å². The summed E-state index contributed by atoms with van der Waals surface area (Å²) in [5.41, 5.74) is -0.214. The molecule has 1 aliphatic carbocycles. The van der Waals surface area contributed by atoms with E-state index < -0.39 is 9.81 Å². The lowest BCUT2D eigenvalue weighted by Gasteiger charge is -2.45. The van der Waals surface area contributed by atoms with Crippen LogP contribution in [0.4, 0.5) is 0 Å². The lowest BCUT2D eigenvalue weighted by Crippen LogP contribution is -2.57. The van der Waals surface area contributed by atoms with Crippen LogP contribution in [-0.4, -0.2) is 20.7 Å². The SMILES string of the molecule is CC(=O)SSC1(Cl)C(=O)c2ccccc2OC12CCCC2. The Morgan fingerprint density at radius 2 is 1.95 bits per heavy atom. The molecule has 112 valence electrons. The molecule has 1 aliphatic heterocycles. The van der Waals surface area contributed by atoms with E-state index in [4.69, 9.17) is 16.3 Å². The van der Waals surface area contributed by atoms with E-state index in [0.717, 1.165) is 47.3 Å². The maximum absolute atomic E-state index is 13.0. The lowest BCUT2D eigenvalue weighted by molar-refractivity contribution is -0.109. The Bertz CT molecular complexity index is 598. The molecule has 0 amide bonds. The van der Waals surface area contributed by atoms with Gasteiger partial charge in [-0.25, -0.2) is 0 Å². The van der Waals surface area contributed by atoms with Crippen molar-refractivity contribution in [1.29, 1.82) is 0 Å². The maximum atomic E-state index is 13.0. The van der Waals surface area contributed by atoms with Gasteiger partial charge in [0.2, 0.25) is 9.99 Å². The first-order valence-electron chi connectivity index (χ1n) is 6.86. The van der Waals surface area contributed by atoms with Gasteiger partial charge in [0.15, 0.2) is 5.12 Å². The minimum atomic E-state index is -1.24. The Kier molecular flexibility index (Phi) is 4.01. The fourth-order valence-electron chi connectivity index (χ4n) is 3.00. The molecule has 6 heteroatoms. The third-order valence-electron chi connectivity index (χ3n) is 4.00. The van der Waals surface area contributed by atoms with Crippen LogP contribution in [0.3, 0.4) is 0 Å². The number of fused-ring (bicyclic) bond motifs is 1. The largest absolute Gasteiger partial charge is 0.483 e. The predicted molar refractivity (Wildman–Crippen MR) is 87.0 cm³/mol. The van der Waals surface area contributed by atoms with Gasteiger partial charge in [0, 0.05) is 6.92 Å². The van der Waals surface area contributed by atoms with Crippen molar-refractivity contribution in [2.75, 3.05) is 0 Å². The minimum Gasteiger partial charge on any atom is -0.483 e. The number of halogens is 1. The van der Waals surface area contributed by atoms with Crippen LogP contribution in [0, 0.1) is 0 Å². The average molecular weight is 343 g/mol. The quantitative estimate of drug-likeness (QED) is 0.587. The molecule has 2 aliphatic rings. The molecule has 1 aromatic carbocycles. The van der Waals surface area contributed by atoms with Crippen LogP contribution in [0.25, 0.3) is 0 Å². The van der Waals surface area contributed by atoms with Gasteiger partial charge in [-0.15, -0.1) is 0 Å². The van der Waals surface area contributed by atoms with Gasteiger partial charge in [0.1, 0.15) is 11.4 Å². The normalized spacial score (nSPS) is 26.5. The van der Waals surface area contributed by atoms with E-state index in [-0.39, 0.29) is 10.9 Å². The Morgan fingerprint density at radius 1 is 1.29 bits per heavy atom. The van der Waals surface area contributed by atoms with E-state index in [0.29, 0.717) is 11.3 Å². The second-order valence-corrected chi connectivity index (χ2v) is 8.69. The van der Waals surface area contributed by atoms with E-state index in [1.54, 1.807) is 12.1 Å². The zero-order valence-electron chi connectivity index (χ0n) is 11.6. The molecule has 1 saturated carbocycles. The summed E-state index contributed by atoms with van der Waals surface area (Å²) in [6, 6.07) is 7.20. The molecule has 1 unspecified atom stereocenters. The molecule has 1 aromatic rings. The minimum absolute atomic E-state index is 0.0696. The summed E-state index contributed by atoms with van der Waals surface area (Å²) in [4.78, 5) is 24.3. The number of carbonyl (C=O) groups is 2. The molecule has 0 radical (unpaired) electrons. The van der Waals surface area contributed by atoms with Crippen molar-refractivity contribution in [3.63, 3.8) is 0 Å². The van der Waals surface area contributed by atoms with Gasteiger partial charge in [-0.2, -0.15) is 0 Å². The molecule has 0 bridgehead atoms. The molecule has 1 spiro atoms. The summed E-state index contributed by atoms with van der Waals surface area (Å²) in [5.74, 6) is 0.459. The molecular weight excluding hydrogens is 328 g/mol. The Morgan fingerprint density at radius 3 is 2.62 bits per heavy atom. The highest BCUT2D eigenvalue weighted by Crippen LogP contribution is 2.59. The standard InChI is InChI=1S/C15H15ClO3S2/c1-10(17)20-21-15(16)13(18)11-6-2-3-7-12(11)19-14(15)8-4-5-9-14/h2-3,6-7H,4-5,8-9H2,1H3. The lowest BCUT2D eigenvalue weighted by atomic mass is 9.87. The Hall–Kier alpha value is -0.650. The van der Waals surface area contributed by atoms with E-state index >= 15 is 0 Å². The summed E-state index contributed by atoms with van der Waals surface area (Å²) in [5, 5.41) is -0.0696. The summed E-state index contributed by atoms with van der Waals surface area (Å²) >= 11 is 6.78. The molecule has 1 heterocycles. The van der Waals surface area contributed by atoms with Gasteiger partial charge in [-0.05, 0) is 48.6 Å². The fraction of sp³-hybridized carbons (Fsp3) is 0.467. The smallest absolute Gasteiger partial charge is 0.202 e. The van der Waals surface area contributed by atoms with Crippen molar-refractivity contribution in [3.05, 3.63) is 29.8 Å². The zero-order chi connectivity index (χ0) is 15.1. The molecule has 3 rings (SSSR count). The van der Waals surface area contributed by atoms with E-state index in [2.05, 4.69) is 0 Å². The molecule has 0 saturated heterocycles. The first kappa shape index (κ1) is 15.3. The fourth-order valence-corrected chi connectivity index (χ4v) is 5.81. The van der Waals surface area contributed by atoms with E-state index in [1.165, 1.54) is 6.92 Å². The van der Waals surface area contributed by atoms with Gasteiger partial charge >= 0.3 is 0 Å². The highest BCUT2D eigenvalue weighted by atomic mass is 35.5. The monoisotopic (exact) mass is 342 g/mol. The second kappa shape index (κ2) is 5.52. The molecule has 3 nitrogen and oxygen atoms in total. The van der Waals surface area contributed by atoms with Crippen molar-refractivity contribution in [2.24, 2.45) is 0 Å². The predicted octanol–water partition coefficient (Wildman–Crippen LogP) is 4.44. The first-order chi connectivity index (χ1) is 9.98. The van der Waals surface area contributed by atoms with Crippen LogP contribution >= 0.6 is 33.2 Å². The van der Waals surface area contributed by atoms with Crippen LogP contribution in [-0.2, 0) is 4.79 Å². The van der Waals surface area contributed by atoms with Crippen molar-refractivity contribution in [1.82, 2.24) is 0 Å². The van der Waals surface area contributed by atoms with Gasteiger partial charge < -0.3 is 4.74 Å². The summed E-state index contributed by atoms with van der Waals surface area (Å²) in [6.45, 7) is 1.47. The van der Waals surface area contributed by atoms with Crippen molar-refractivity contribution in [2.45, 2.75) is 42.4 Å².